The summed E-state index contributed by atoms with van der Waals surface area (Å²) in [7, 11) is 0. The maximum absolute atomic E-state index is 12.3. The average molecular weight is 360 g/mol. The van der Waals surface area contributed by atoms with Crippen LogP contribution in [0.5, 0.6) is 0 Å². The minimum absolute atomic E-state index is 0.0986. The van der Waals surface area contributed by atoms with Gasteiger partial charge in [-0.05, 0) is 30.2 Å². The normalized spacial score (nSPS) is 11.0. The summed E-state index contributed by atoms with van der Waals surface area (Å²) in [6.07, 6.45) is 5.35. The first-order valence-electron chi connectivity index (χ1n) is 8.84. The monoisotopic (exact) mass is 360 g/mol. The smallest absolute Gasteiger partial charge is 0.241 e. The molecule has 0 bridgehead atoms. The van der Waals surface area contributed by atoms with E-state index in [0.717, 1.165) is 27.9 Å². The summed E-state index contributed by atoms with van der Waals surface area (Å²) in [6.45, 7) is 3.23. The Bertz CT molecular complexity index is 1050. The van der Waals surface area contributed by atoms with Gasteiger partial charge in [0, 0.05) is 30.5 Å². The molecule has 0 atom stereocenters. The lowest BCUT2D eigenvalue weighted by molar-refractivity contribution is -0.121. The van der Waals surface area contributed by atoms with Gasteiger partial charge in [0.05, 0.1) is 12.2 Å². The Balaban J connectivity index is 1.53. The van der Waals surface area contributed by atoms with E-state index in [1.807, 2.05) is 43.5 Å². The molecule has 27 heavy (non-hydrogen) atoms. The molecule has 0 spiro atoms. The van der Waals surface area contributed by atoms with Gasteiger partial charge in [0.2, 0.25) is 5.91 Å². The number of nitrogens with zero attached hydrogens (tertiary/aromatic N) is 5. The Hall–Kier alpha value is -3.48. The number of rotatable bonds is 6. The quantitative estimate of drug-likeness (QED) is 0.573. The number of aryl methyl sites for hydroxylation is 1. The van der Waals surface area contributed by atoms with E-state index in [0.29, 0.717) is 13.1 Å². The lowest BCUT2D eigenvalue weighted by atomic mass is 10.0. The molecule has 7 nitrogen and oxygen atoms in total. The molecule has 0 saturated heterocycles. The second-order valence-electron chi connectivity index (χ2n) is 6.29. The van der Waals surface area contributed by atoms with Gasteiger partial charge in [-0.1, -0.05) is 30.3 Å². The van der Waals surface area contributed by atoms with Crippen molar-refractivity contribution in [1.29, 1.82) is 0 Å². The fourth-order valence-corrected chi connectivity index (χ4v) is 3.18. The van der Waals surface area contributed by atoms with E-state index in [9.17, 15) is 4.79 Å². The number of pyridine rings is 1. The van der Waals surface area contributed by atoms with Crippen LogP contribution >= 0.6 is 0 Å². The van der Waals surface area contributed by atoms with Gasteiger partial charge in [0.1, 0.15) is 6.54 Å². The van der Waals surface area contributed by atoms with Crippen LogP contribution in [-0.4, -0.2) is 37.0 Å². The van der Waals surface area contributed by atoms with Crippen molar-refractivity contribution in [3.63, 3.8) is 0 Å². The topological polar surface area (TPSA) is 77.6 Å². The fraction of sp³-hybridized carbons (Fsp3) is 0.200. The van der Waals surface area contributed by atoms with E-state index in [1.54, 1.807) is 21.8 Å². The predicted molar refractivity (Wildman–Crippen MR) is 103 cm³/mol. The first-order valence-corrected chi connectivity index (χ1v) is 8.84. The summed E-state index contributed by atoms with van der Waals surface area (Å²) in [5, 5.41) is 12.5. The number of hydrogen-bond donors (Lipinski definition) is 1. The number of carbonyl (C=O) groups is 1. The number of benzene rings is 1. The summed E-state index contributed by atoms with van der Waals surface area (Å²) in [5.74, 6) is -0.0986. The van der Waals surface area contributed by atoms with Crippen LogP contribution in [0.3, 0.4) is 0 Å². The van der Waals surface area contributed by atoms with Crippen molar-refractivity contribution < 1.29 is 4.79 Å². The third kappa shape index (κ3) is 3.57. The van der Waals surface area contributed by atoms with Crippen molar-refractivity contribution in [1.82, 2.24) is 29.9 Å². The minimum Gasteiger partial charge on any atom is -0.353 e. The number of amides is 1. The largest absolute Gasteiger partial charge is 0.353 e. The van der Waals surface area contributed by atoms with Crippen molar-refractivity contribution in [3.05, 3.63) is 66.7 Å². The van der Waals surface area contributed by atoms with Gasteiger partial charge in [-0.2, -0.15) is 10.2 Å². The number of aromatic nitrogens is 5. The van der Waals surface area contributed by atoms with Crippen LogP contribution in [0, 0.1) is 6.92 Å². The summed E-state index contributed by atoms with van der Waals surface area (Å²) in [4.78, 5) is 16.8. The van der Waals surface area contributed by atoms with Gasteiger partial charge in [-0.3, -0.25) is 9.48 Å². The molecule has 0 aliphatic carbocycles. The van der Waals surface area contributed by atoms with Crippen molar-refractivity contribution >= 4 is 16.9 Å². The summed E-state index contributed by atoms with van der Waals surface area (Å²) in [5.41, 5.74) is 3.76. The summed E-state index contributed by atoms with van der Waals surface area (Å²) < 4.78 is 3.45. The zero-order valence-electron chi connectivity index (χ0n) is 15.0. The predicted octanol–water partition coefficient (Wildman–Crippen LogP) is 2.42. The van der Waals surface area contributed by atoms with Crippen LogP contribution in [0.4, 0.5) is 0 Å². The number of fused-ring (bicyclic) bond motifs is 1. The summed E-state index contributed by atoms with van der Waals surface area (Å²) in [6, 6.07) is 14.0. The molecule has 1 amide bonds. The van der Waals surface area contributed by atoms with Gasteiger partial charge in [-0.25, -0.2) is 9.67 Å². The molecule has 1 N–H and O–H groups in total. The van der Waals surface area contributed by atoms with Crippen LogP contribution in [-0.2, 0) is 17.9 Å². The van der Waals surface area contributed by atoms with Crippen molar-refractivity contribution in [2.45, 2.75) is 20.0 Å². The van der Waals surface area contributed by atoms with Crippen LogP contribution < -0.4 is 5.32 Å². The standard InChI is InChI=1S/C20H20N6O/c1-15-19-17(16-6-3-2-4-7-16)8-10-22-20(19)26(24-15)14-18(27)21-11-13-25-12-5-9-23-25/h2-10,12H,11,13-14H2,1H3,(H,21,27). The zero-order chi connectivity index (χ0) is 18.6. The highest BCUT2D eigenvalue weighted by molar-refractivity contribution is 5.95. The molecule has 0 aliphatic rings. The molecule has 0 aliphatic heterocycles. The van der Waals surface area contributed by atoms with E-state index >= 15 is 0 Å². The highest BCUT2D eigenvalue weighted by Crippen LogP contribution is 2.29. The molecule has 0 unspecified atom stereocenters. The van der Waals surface area contributed by atoms with Crippen LogP contribution in [0.15, 0.2) is 61.1 Å². The van der Waals surface area contributed by atoms with Crippen molar-refractivity contribution in [2.75, 3.05) is 6.54 Å². The van der Waals surface area contributed by atoms with Gasteiger partial charge in [0.25, 0.3) is 0 Å². The molecular weight excluding hydrogens is 340 g/mol. The first kappa shape index (κ1) is 17.0. The zero-order valence-corrected chi connectivity index (χ0v) is 15.0. The van der Waals surface area contributed by atoms with E-state index in [2.05, 4.69) is 32.6 Å². The highest BCUT2D eigenvalue weighted by Gasteiger charge is 2.15. The molecule has 0 saturated carbocycles. The van der Waals surface area contributed by atoms with E-state index in [4.69, 9.17) is 0 Å². The van der Waals surface area contributed by atoms with Crippen molar-refractivity contribution in [3.8, 4) is 11.1 Å². The summed E-state index contributed by atoms with van der Waals surface area (Å²) >= 11 is 0. The lowest BCUT2D eigenvalue weighted by Crippen LogP contribution is -2.31. The minimum atomic E-state index is -0.0986. The van der Waals surface area contributed by atoms with Gasteiger partial charge in [-0.15, -0.1) is 0 Å². The molecule has 3 aromatic heterocycles. The average Bonchev–Trinajstić information content (AvgIpc) is 3.31. The Morgan fingerprint density at radius 1 is 1.11 bits per heavy atom. The van der Waals surface area contributed by atoms with Gasteiger partial charge < -0.3 is 5.32 Å². The van der Waals surface area contributed by atoms with E-state index in [1.165, 1.54) is 0 Å². The van der Waals surface area contributed by atoms with E-state index < -0.39 is 0 Å². The Morgan fingerprint density at radius 3 is 2.74 bits per heavy atom. The molecule has 1 aromatic carbocycles. The van der Waals surface area contributed by atoms with Crippen LogP contribution in [0.25, 0.3) is 22.2 Å². The number of hydrogen-bond acceptors (Lipinski definition) is 4. The number of nitrogens with one attached hydrogen (secondary N) is 1. The lowest BCUT2D eigenvalue weighted by Gasteiger charge is -2.07. The Labute approximate surface area is 156 Å². The van der Waals surface area contributed by atoms with Gasteiger partial charge in [0.15, 0.2) is 5.65 Å². The third-order valence-corrected chi connectivity index (χ3v) is 4.41. The van der Waals surface area contributed by atoms with E-state index in [-0.39, 0.29) is 12.5 Å². The maximum Gasteiger partial charge on any atom is 0.241 e. The van der Waals surface area contributed by atoms with Gasteiger partial charge >= 0.3 is 0 Å². The van der Waals surface area contributed by atoms with Crippen molar-refractivity contribution in [2.24, 2.45) is 0 Å². The maximum atomic E-state index is 12.3. The molecule has 7 heteroatoms. The van der Waals surface area contributed by atoms with Crippen LogP contribution in [0.1, 0.15) is 5.69 Å². The SMILES string of the molecule is Cc1nn(CC(=O)NCCn2cccn2)c2nccc(-c3ccccc3)c12. The molecule has 4 rings (SSSR count). The second kappa shape index (κ2) is 7.41. The Morgan fingerprint density at radius 2 is 1.96 bits per heavy atom. The highest BCUT2D eigenvalue weighted by atomic mass is 16.2. The first-order chi connectivity index (χ1) is 13.2. The third-order valence-electron chi connectivity index (χ3n) is 4.41. The molecule has 136 valence electrons. The second-order valence-corrected chi connectivity index (χ2v) is 6.29. The molecular formula is C20H20N6O. The van der Waals surface area contributed by atoms with Crippen LogP contribution in [0.2, 0.25) is 0 Å². The fourth-order valence-electron chi connectivity index (χ4n) is 3.18. The molecule has 4 aromatic rings. The molecule has 0 fully saturated rings. The Kier molecular flexibility index (Phi) is 4.65. The number of carbonyl (C=O) groups excluding carboxylic acids is 1. The molecule has 0 radical (unpaired) electrons. The molecule has 3 heterocycles.